The number of rotatable bonds is 7. The molecule has 0 saturated heterocycles. The fraction of sp³-hybridized carbons (Fsp3) is 0.769. The summed E-state index contributed by atoms with van der Waals surface area (Å²) in [5.41, 5.74) is 1.27. The summed E-state index contributed by atoms with van der Waals surface area (Å²) in [7, 11) is 2.02. The van der Waals surface area contributed by atoms with Crippen molar-refractivity contribution in [3.63, 3.8) is 0 Å². The molecule has 1 heterocycles. The first-order chi connectivity index (χ1) is 7.65. The summed E-state index contributed by atoms with van der Waals surface area (Å²) in [6, 6.07) is 0. The van der Waals surface area contributed by atoms with Gasteiger partial charge < -0.3 is 5.32 Å². The number of thiazole rings is 1. The first-order valence-corrected chi connectivity index (χ1v) is 7.11. The van der Waals surface area contributed by atoms with Gasteiger partial charge >= 0.3 is 0 Å². The molecule has 1 aromatic heterocycles. The number of hydrogen-bond acceptors (Lipinski definition) is 3. The van der Waals surface area contributed by atoms with E-state index in [1.165, 1.54) is 17.1 Å². The van der Waals surface area contributed by atoms with Gasteiger partial charge in [0.2, 0.25) is 0 Å². The van der Waals surface area contributed by atoms with E-state index < -0.39 is 0 Å². The van der Waals surface area contributed by atoms with Gasteiger partial charge in [-0.3, -0.25) is 0 Å². The molecule has 0 radical (unpaired) electrons. The molecule has 0 saturated carbocycles. The van der Waals surface area contributed by atoms with Crippen LogP contribution in [0, 0.1) is 11.8 Å². The molecule has 1 atom stereocenters. The minimum Gasteiger partial charge on any atom is -0.319 e. The maximum Gasteiger partial charge on any atom is 0.0931 e. The Labute approximate surface area is 103 Å². The van der Waals surface area contributed by atoms with Crippen LogP contribution in [0.4, 0.5) is 0 Å². The van der Waals surface area contributed by atoms with Gasteiger partial charge in [-0.2, -0.15) is 0 Å². The highest BCUT2D eigenvalue weighted by Gasteiger charge is 2.10. The molecule has 1 rings (SSSR count). The standard InChI is InChI=1S/C13H24N2S/c1-5-11(8-14-4)7-13-15-12(9-16-13)6-10(2)3/h9-11,14H,5-8H2,1-4H3. The van der Waals surface area contributed by atoms with Crippen molar-refractivity contribution < 1.29 is 0 Å². The Morgan fingerprint density at radius 2 is 2.12 bits per heavy atom. The van der Waals surface area contributed by atoms with Crippen LogP contribution < -0.4 is 5.32 Å². The highest BCUT2D eigenvalue weighted by Crippen LogP contribution is 2.18. The second kappa shape index (κ2) is 7.02. The van der Waals surface area contributed by atoms with E-state index in [0.29, 0.717) is 5.92 Å². The maximum absolute atomic E-state index is 4.71. The van der Waals surface area contributed by atoms with Gasteiger partial charge in [0.25, 0.3) is 0 Å². The summed E-state index contributed by atoms with van der Waals surface area (Å²) in [6.45, 7) is 7.84. The number of nitrogens with zero attached hydrogens (tertiary/aromatic N) is 1. The molecule has 0 aliphatic carbocycles. The van der Waals surface area contributed by atoms with Gasteiger partial charge in [-0.15, -0.1) is 11.3 Å². The Morgan fingerprint density at radius 3 is 2.69 bits per heavy atom. The number of nitrogens with one attached hydrogen (secondary N) is 1. The second-order valence-electron chi connectivity index (χ2n) is 4.87. The maximum atomic E-state index is 4.71. The highest BCUT2D eigenvalue weighted by molar-refractivity contribution is 7.09. The summed E-state index contributed by atoms with van der Waals surface area (Å²) in [5.74, 6) is 1.43. The fourth-order valence-electron chi connectivity index (χ4n) is 1.85. The minimum absolute atomic E-state index is 0.703. The topological polar surface area (TPSA) is 24.9 Å². The molecule has 0 aliphatic heterocycles. The second-order valence-corrected chi connectivity index (χ2v) is 5.81. The average molecular weight is 240 g/mol. The molecule has 1 aromatic rings. The summed E-state index contributed by atoms with van der Waals surface area (Å²) >= 11 is 1.82. The lowest BCUT2D eigenvalue weighted by molar-refractivity contribution is 0.479. The Bertz CT molecular complexity index is 294. The summed E-state index contributed by atoms with van der Waals surface area (Å²) in [5, 5.41) is 6.78. The van der Waals surface area contributed by atoms with Gasteiger partial charge in [-0.25, -0.2) is 4.98 Å². The van der Waals surface area contributed by atoms with Gasteiger partial charge in [-0.1, -0.05) is 27.2 Å². The highest BCUT2D eigenvalue weighted by atomic mass is 32.1. The van der Waals surface area contributed by atoms with Crippen molar-refractivity contribution in [2.75, 3.05) is 13.6 Å². The largest absolute Gasteiger partial charge is 0.319 e. The molecule has 92 valence electrons. The van der Waals surface area contributed by atoms with E-state index in [1.807, 2.05) is 18.4 Å². The zero-order valence-electron chi connectivity index (χ0n) is 10.9. The van der Waals surface area contributed by atoms with Gasteiger partial charge in [0, 0.05) is 11.8 Å². The zero-order chi connectivity index (χ0) is 12.0. The van der Waals surface area contributed by atoms with Crippen molar-refractivity contribution in [2.45, 2.75) is 40.0 Å². The van der Waals surface area contributed by atoms with Crippen LogP contribution in [0.3, 0.4) is 0 Å². The third-order valence-corrected chi connectivity index (χ3v) is 3.67. The van der Waals surface area contributed by atoms with E-state index in [0.717, 1.165) is 25.3 Å². The third-order valence-electron chi connectivity index (χ3n) is 2.75. The van der Waals surface area contributed by atoms with Crippen molar-refractivity contribution in [3.8, 4) is 0 Å². The summed E-state index contributed by atoms with van der Waals surface area (Å²) in [6.07, 6.45) is 3.46. The lowest BCUT2D eigenvalue weighted by Gasteiger charge is -2.11. The van der Waals surface area contributed by atoms with Crippen LogP contribution in [0.15, 0.2) is 5.38 Å². The van der Waals surface area contributed by atoms with Crippen LogP contribution in [0.1, 0.15) is 37.9 Å². The molecule has 0 aliphatic rings. The van der Waals surface area contributed by atoms with Crippen molar-refractivity contribution in [1.82, 2.24) is 10.3 Å². The quantitative estimate of drug-likeness (QED) is 0.792. The number of aromatic nitrogens is 1. The average Bonchev–Trinajstić information content (AvgIpc) is 2.64. The molecule has 1 unspecified atom stereocenters. The third kappa shape index (κ3) is 4.62. The monoisotopic (exact) mass is 240 g/mol. The van der Waals surface area contributed by atoms with Crippen molar-refractivity contribution in [2.24, 2.45) is 11.8 Å². The Hall–Kier alpha value is -0.410. The Balaban J connectivity index is 2.50. The van der Waals surface area contributed by atoms with E-state index in [1.54, 1.807) is 0 Å². The Kier molecular flexibility index (Phi) is 5.99. The molecular formula is C13H24N2S. The molecule has 0 fully saturated rings. The van der Waals surface area contributed by atoms with E-state index >= 15 is 0 Å². The lowest BCUT2D eigenvalue weighted by Crippen LogP contribution is -2.20. The Morgan fingerprint density at radius 1 is 1.38 bits per heavy atom. The van der Waals surface area contributed by atoms with Crippen LogP contribution in [0.25, 0.3) is 0 Å². The van der Waals surface area contributed by atoms with E-state index in [2.05, 4.69) is 31.5 Å². The first kappa shape index (κ1) is 13.7. The SMILES string of the molecule is CCC(CNC)Cc1nc(CC(C)C)cs1. The molecule has 3 heteroatoms. The molecule has 1 N–H and O–H groups in total. The van der Waals surface area contributed by atoms with Gasteiger partial charge in [0.05, 0.1) is 10.7 Å². The van der Waals surface area contributed by atoms with Crippen molar-refractivity contribution >= 4 is 11.3 Å². The molecule has 2 nitrogen and oxygen atoms in total. The normalized spacial score (nSPS) is 13.3. The summed E-state index contributed by atoms with van der Waals surface area (Å²) < 4.78 is 0. The van der Waals surface area contributed by atoms with E-state index in [-0.39, 0.29) is 0 Å². The number of hydrogen-bond donors (Lipinski definition) is 1. The van der Waals surface area contributed by atoms with Crippen LogP contribution in [-0.2, 0) is 12.8 Å². The van der Waals surface area contributed by atoms with Crippen LogP contribution in [0.2, 0.25) is 0 Å². The zero-order valence-corrected chi connectivity index (χ0v) is 11.7. The van der Waals surface area contributed by atoms with Crippen molar-refractivity contribution in [1.29, 1.82) is 0 Å². The van der Waals surface area contributed by atoms with Crippen molar-refractivity contribution in [3.05, 3.63) is 16.1 Å². The molecule has 0 amide bonds. The predicted octanol–water partition coefficient (Wildman–Crippen LogP) is 3.13. The first-order valence-electron chi connectivity index (χ1n) is 6.23. The summed E-state index contributed by atoms with van der Waals surface area (Å²) in [4.78, 5) is 4.71. The van der Waals surface area contributed by atoms with E-state index in [4.69, 9.17) is 4.98 Å². The smallest absolute Gasteiger partial charge is 0.0931 e. The van der Waals surface area contributed by atoms with Crippen LogP contribution >= 0.6 is 11.3 Å². The molecule has 16 heavy (non-hydrogen) atoms. The van der Waals surface area contributed by atoms with Crippen LogP contribution in [-0.4, -0.2) is 18.6 Å². The van der Waals surface area contributed by atoms with Gasteiger partial charge in [0.15, 0.2) is 0 Å². The van der Waals surface area contributed by atoms with Gasteiger partial charge in [0.1, 0.15) is 0 Å². The predicted molar refractivity (Wildman–Crippen MR) is 72.1 cm³/mol. The lowest BCUT2D eigenvalue weighted by atomic mass is 10.0. The molecule has 0 spiro atoms. The minimum atomic E-state index is 0.703. The fourth-order valence-corrected chi connectivity index (χ4v) is 2.77. The molecule has 0 aromatic carbocycles. The van der Waals surface area contributed by atoms with E-state index in [9.17, 15) is 0 Å². The molecular weight excluding hydrogens is 216 g/mol. The van der Waals surface area contributed by atoms with Crippen LogP contribution in [0.5, 0.6) is 0 Å². The van der Waals surface area contributed by atoms with Gasteiger partial charge in [-0.05, 0) is 31.8 Å². The molecule has 0 bridgehead atoms.